The molecule has 0 amide bonds. The van der Waals surface area contributed by atoms with Crippen molar-refractivity contribution < 1.29 is 9.47 Å². The zero-order valence-electron chi connectivity index (χ0n) is 17.2. The lowest BCUT2D eigenvalue weighted by atomic mass is 10.0. The molecule has 2 fully saturated rings. The smallest absolute Gasteiger partial charge is 0.227 e. The monoisotopic (exact) mass is 397 g/mol. The number of nitrogens with one attached hydrogen (secondary N) is 1. The fourth-order valence-corrected chi connectivity index (χ4v) is 4.10. The van der Waals surface area contributed by atoms with Gasteiger partial charge in [-0.15, -0.1) is 0 Å². The maximum Gasteiger partial charge on any atom is 0.227 e. The van der Waals surface area contributed by atoms with Crippen LogP contribution in [-0.2, 0) is 11.2 Å². The van der Waals surface area contributed by atoms with Gasteiger partial charge in [-0.25, -0.2) is 4.98 Å². The molecule has 1 aromatic carbocycles. The van der Waals surface area contributed by atoms with E-state index in [2.05, 4.69) is 32.2 Å². The Balaban J connectivity index is 1.26. The predicted molar refractivity (Wildman–Crippen MR) is 115 cm³/mol. The second-order valence-electron chi connectivity index (χ2n) is 7.63. The highest BCUT2D eigenvalue weighted by atomic mass is 16.5. The van der Waals surface area contributed by atoms with Crippen LogP contribution >= 0.6 is 0 Å². The highest BCUT2D eigenvalue weighted by Crippen LogP contribution is 2.21. The van der Waals surface area contributed by atoms with E-state index in [0.29, 0.717) is 6.04 Å². The minimum absolute atomic E-state index is 0.668. The van der Waals surface area contributed by atoms with Crippen molar-refractivity contribution in [3.63, 3.8) is 0 Å². The molecule has 7 heteroatoms. The molecule has 3 heterocycles. The van der Waals surface area contributed by atoms with Gasteiger partial charge in [-0.1, -0.05) is 12.1 Å². The molecule has 0 unspecified atom stereocenters. The molecule has 2 aliphatic rings. The first-order valence-electron chi connectivity index (χ1n) is 10.6. The molecule has 0 aliphatic carbocycles. The quantitative estimate of drug-likeness (QED) is 0.770. The van der Waals surface area contributed by atoms with E-state index in [1.54, 1.807) is 7.11 Å². The molecule has 2 aliphatic heterocycles. The van der Waals surface area contributed by atoms with Gasteiger partial charge < -0.3 is 19.7 Å². The van der Waals surface area contributed by atoms with Gasteiger partial charge in [0.05, 0.1) is 20.3 Å². The zero-order chi connectivity index (χ0) is 19.9. The molecule has 156 valence electrons. The summed E-state index contributed by atoms with van der Waals surface area (Å²) in [5.41, 5.74) is 1.28. The van der Waals surface area contributed by atoms with Crippen molar-refractivity contribution in [2.45, 2.75) is 25.3 Å². The Morgan fingerprint density at radius 1 is 1.07 bits per heavy atom. The molecule has 1 N–H and O–H groups in total. The minimum Gasteiger partial charge on any atom is -0.497 e. The van der Waals surface area contributed by atoms with Gasteiger partial charge in [0, 0.05) is 45.0 Å². The Kier molecular flexibility index (Phi) is 6.79. The topological polar surface area (TPSA) is 62.8 Å². The van der Waals surface area contributed by atoms with Crippen LogP contribution in [0.4, 0.5) is 11.8 Å². The van der Waals surface area contributed by atoms with Crippen molar-refractivity contribution in [1.82, 2.24) is 14.9 Å². The zero-order valence-corrected chi connectivity index (χ0v) is 17.2. The Hall–Kier alpha value is -2.38. The Labute approximate surface area is 173 Å². The summed E-state index contributed by atoms with van der Waals surface area (Å²) in [7, 11) is 1.69. The third-order valence-corrected chi connectivity index (χ3v) is 5.83. The van der Waals surface area contributed by atoms with E-state index in [9.17, 15) is 0 Å². The van der Waals surface area contributed by atoms with Gasteiger partial charge in [0.25, 0.3) is 0 Å². The predicted octanol–water partition coefficient (Wildman–Crippen LogP) is 2.44. The number of aromatic nitrogens is 2. The van der Waals surface area contributed by atoms with Gasteiger partial charge in [0.2, 0.25) is 5.95 Å². The van der Waals surface area contributed by atoms with Gasteiger partial charge in [0.1, 0.15) is 11.6 Å². The lowest BCUT2D eigenvalue weighted by Crippen LogP contribution is -2.49. The van der Waals surface area contributed by atoms with Crippen molar-refractivity contribution in [2.75, 3.05) is 63.3 Å². The number of piperidine rings is 1. The average molecular weight is 398 g/mol. The number of ether oxygens (including phenoxy) is 2. The Bertz CT molecular complexity index is 756. The van der Waals surface area contributed by atoms with Crippen LogP contribution < -0.4 is 15.0 Å². The summed E-state index contributed by atoms with van der Waals surface area (Å²) in [6.45, 7) is 6.72. The van der Waals surface area contributed by atoms with Crippen molar-refractivity contribution in [2.24, 2.45) is 0 Å². The summed E-state index contributed by atoms with van der Waals surface area (Å²) in [6.07, 6.45) is 5.12. The van der Waals surface area contributed by atoms with Gasteiger partial charge >= 0.3 is 0 Å². The molecule has 0 atom stereocenters. The third kappa shape index (κ3) is 5.36. The minimum atomic E-state index is 0.668. The number of hydrogen-bond acceptors (Lipinski definition) is 7. The first kappa shape index (κ1) is 19.9. The largest absolute Gasteiger partial charge is 0.497 e. The fraction of sp³-hybridized carbons (Fsp3) is 0.545. The SMILES string of the molecule is COc1ccc(CCNc2ccnc(N3CCC(N4CCOCC4)CC3)n2)cc1. The van der Waals surface area contributed by atoms with Crippen molar-refractivity contribution >= 4 is 11.8 Å². The van der Waals surface area contributed by atoms with Crippen LogP contribution in [0, 0.1) is 0 Å². The van der Waals surface area contributed by atoms with Crippen LogP contribution in [0.2, 0.25) is 0 Å². The number of hydrogen-bond donors (Lipinski definition) is 1. The molecule has 0 saturated carbocycles. The molecule has 29 heavy (non-hydrogen) atoms. The van der Waals surface area contributed by atoms with E-state index in [1.165, 1.54) is 18.4 Å². The van der Waals surface area contributed by atoms with E-state index in [1.807, 2.05) is 24.4 Å². The van der Waals surface area contributed by atoms with E-state index in [4.69, 9.17) is 14.5 Å². The highest BCUT2D eigenvalue weighted by Gasteiger charge is 2.26. The van der Waals surface area contributed by atoms with E-state index < -0.39 is 0 Å². The van der Waals surface area contributed by atoms with Crippen LogP contribution in [0.15, 0.2) is 36.5 Å². The number of methoxy groups -OCH3 is 1. The summed E-state index contributed by atoms with van der Waals surface area (Å²) in [4.78, 5) is 14.1. The molecule has 1 aromatic heterocycles. The molecule has 0 radical (unpaired) electrons. The van der Waals surface area contributed by atoms with E-state index >= 15 is 0 Å². The average Bonchev–Trinajstić information content (AvgIpc) is 2.80. The molecule has 0 spiro atoms. The summed E-state index contributed by atoms with van der Waals surface area (Å²) < 4.78 is 10.7. The molecular weight excluding hydrogens is 366 g/mol. The first-order valence-corrected chi connectivity index (χ1v) is 10.6. The molecule has 2 saturated heterocycles. The van der Waals surface area contributed by atoms with Crippen LogP contribution in [0.5, 0.6) is 5.75 Å². The van der Waals surface area contributed by atoms with E-state index in [0.717, 1.165) is 69.9 Å². The maximum absolute atomic E-state index is 5.48. The maximum atomic E-state index is 5.48. The van der Waals surface area contributed by atoms with Crippen molar-refractivity contribution in [3.05, 3.63) is 42.1 Å². The second-order valence-corrected chi connectivity index (χ2v) is 7.63. The van der Waals surface area contributed by atoms with Crippen LogP contribution in [-0.4, -0.2) is 74.0 Å². The summed E-state index contributed by atoms with van der Waals surface area (Å²) in [6, 6.07) is 10.8. The molecular formula is C22H31N5O2. The van der Waals surface area contributed by atoms with Gasteiger partial charge in [-0.3, -0.25) is 4.90 Å². The molecule has 7 nitrogen and oxygen atoms in total. The summed E-state index contributed by atoms with van der Waals surface area (Å²) >= 11 is 0. The second kappa shape index (κ2) is 9.89. The lowest BCUT2D eigenvalue weighted by molar-refractivity contribution is 0.0114. The van der Waals surface area contributed by atoms with Crippen LogP contribution in [0.1, 0.15) is 18.4 Å². The molecule has 4 rings (SSSR count). The van der Waals surface area contributed by atoms with E-state index in [-0.39, 0.29) is 0 Å². The number of nitrogens with zero attached hydrogens (tertiary/aromatic N) is 4. The molecule has 0 bridgehead atoms. The molecule has 2 aromatic rings. The van der Waals surface area contributed by atoms with Gasteiger partial charge in [-0.05, 0) is 43.0 Å². The number of morpholine rings is 1. The summed E-state index contributed by atoms with van der Waals surface area (Å²) in [5, 5.41) is 3.43. The highest BCUT2D eigenvalue weighted by molar-refractivity contribution is 5.42. The third-order valence-electron chi connectivity index (χ3n) is 5.83. The summed E-state index contributed by atoms with van der Waals surface area (Å²) in [5.74, 6) is 2.61. The van der Waals surface area contributed by atoms with Crippen molar-refractivity contribution in [3.8, 4) is 5.75 Å². The van der Waals surface area contributed by atoms with Gasteiger partial charge in [-0.2, -0.15) is 4.98 Å². The van der Waals surface area contributed by atoms with Crippen LogP contribution in [0.3, 0.4) is 0 Å². The number of rotatable bonds is 7. The van der Waals surface area contributed by atoms with Crippen LogP contribution in [0.25, 0.3) is 0 Å². The Morgan fingerprint density at radius 2 is 1.83 bits per heavy atom. The van der Waals surface area contributed by atoms with Crippen molar-refractivity contribution in [1.29, 1.82) is 0 Å². The standard InChI is InChI=1S/C22H31N5O2/c1-28-20-4-2-18(3-5-20)6-10-23-21-7-11-24-22(25-21)27-12-8-19(9-13-27)26-14-16-29-17-15-26/h2-5,7,11,19H,6,8-10,12-17H2,1H3,(H,23,24,25). The first-order chi connectivity index (χ1) is 14.3. The number of benzene rings is 1. The lowest BCUT2D eigenvalue weighted by Gasteiger charge is -2.40. The van der Waals surface area contributed by atoms with Gasteiger partial charge in [0.15, 0.2) is 0 Å². The normalized spacial score (nSPS) is 18.6. The fourth-order valence-electron chi connectivity index (χ4n) is 4.10. The number of anilines is 2. The Morgan fingerprint density at radius 3 is 2.55 bits per heavy atom.